The van der Waals surface area contributed by atoms with Crippen molar-refractivity contribution >= 4 is 45.8 Å². The van der Waals surface area contributed by atoms with Gasteiger partial charge in [-0.15, -0.1) is 0 Å². The number of hydrogen-bond acceptors (Lipinski definition) is 5. The fraction of sp³-hybridized carbons (Fsp3) is 0.176. The molecule has 0 aliphatic carbocycles. The van der Waals surface area contributed by atoms with Crippen LogP contribution in [-0.2, 0) is 17.9 Å². The highest BCUT2D eigenvalue weighted by atomic mass is 127. The summed E-state index contributed by atoms with van der Waals surface area (Å²) in [5.41, 5.74) is 1.69. The number of carbonyl (C=O) groups is 2. The van der Waals surface area contributed by atoms with E-state index in [9.17, 15) is 24.8 Å². The Morgan fingerprint density at radius 2 is 1.85 bits per heavy atom. The number of nitro groups is 1. The fourth-order valence-electron chi connectivity index (χ4n) is 2.24. The summed E-state index contributed by atoms with van der Waals surface area (Å²) in [6, 6.07) is 10.8. The summed E-state index contributed by atoms with van der Waals surface area (Å²) in [6.07, 6.45) is 0. The van der Waals surface area contributed by atoms with E-state index in [2.05, 4.69) is 10.6 Å². The Labute approximate surface area is 162 Å². The van der Waals surface area contributed by atoms with Crippen molar-refractivity contribution in [3.8, 4) is 0 Å². The first-order valence-corrected chi connectivity index (χ1v) is 9.08. The lowest BCUT2D eigenvalue weighted by molar-refractivity contribution is -0.385. The molecule has 0 fully saturated rings. The Balaban J connectivity index is 2.00. The summed E-state index contributed by atoms with van der Waals surface area (Å²) in [5, 5.41) is 25.5. The van der Waals surface area contributed by atoms with Crippen LogP contribution in [0.25, 0.3) is 0 Å². The van der Waals surface area contributed by atoms with Crippen LogP contribution in [-0.4, -0.2) is 26.3 Å². The molecule has 136 valence electrons. The Hall–Kier alpha value is -2.53. The molecule has 0 bridgehead atoms. The SMILES string of the molecule is O=C(CI)Nc1ccc(C(=O)NCc2ccc([N+](=O)[O-])c(CO)c2)cc1. The fourth-order valence-corrected chi connectivity index (χ4v) is 2.43. The van der Waals surface area contributed by atoms with Crippen molar-refractivity contribution in [1.82, 2.24) is 5.32 Å². The summed E-state index contributed by atoms with van der Waals surface area (Å²) in [4.78, 5) is 33.8. The molecule has 0 saturated carbocycles. The molecule has 2 aromatic carbocycles. The van der Waals surface area contributed by atoms with Gasteiger partial charge in [-0.1, -0.05) is 28.7 Å². The number of rotatable bonds is 7. The van der Waals surface area contributed by atoms with Gasteiger partial charge in [-0.2, -0.15) is 0 Å². The molecule has 0 spiro atoms. The number of amides is 2. The van der Waals surface area contributed by atoms with Crippen molar-refractivity contribution in [3.05, 3.63) is 69.3 Å². The zero-order chi connectivity index (χ0) is 19.1. The summed E-state index contributed by atoms with van der Waals surface area (Å²) in [5.74, 6) is -0.443. The molecular formula is C17H16IN3O5. The minimum atomic E-state index is -0.563. The maximum atomic E-state index is 12.2. The molecule has 26 heavy (non-hydrogen) atoms. The largest absolute Gasteiger partial charge is 0.391 e. The number of alkyl halides is 1. The first-order chi connectivity index (χ1) is 12.4. The first kappa shape index (κ1) is 19.8. The second kappa shape index (κ2) is 9.25. The average molecular weight is 469 g/mol. The van der Waals surface area contributed by atoms with Crippen molar-refractivity contribution in [2.75, 3.05) is 9.74 Å². The van der Waals surface area contributed by atoms with Crippen LogP contribution in [0.15, 0.2) is 42.5 Å². The summed E-state index contributed by atoms with van der Waals surface area (Å²) < 4.78 is 0.338. The first-order valence-electron chi connectivity index (χ1n) is 7.55. The van der Waals surface area contributed by atoms with Gasteiger partial charge in [-0.25, -0.2) is 0 Å². The maximum Gasteiger partial charge on any atom is 0.274 e. The average Bonchev–Trinajstić information content (AvgIpc) is 2.66. The molecule has 0 aromatic heterocycles. The van der Waals surface area contributed by atoms with Crippen molar-refractivity contribution in [2.45, 2.75) is 13.2 Å². The molecule has 0 unspecified atom stereocenters. The Kier molecular flexibility index (Phi) is 7.04. The zero-order valence-corrected chi connectivity index (χ0v) is 15.7. The third-order valence-electron chi connectivity index (χ3n) is 3.52. The highest BCUT2D eigenvalue weighted by Gasteiger charge is 2.14. The Morgan fingerprint density at radius 1 is 1.15 bits per heavy atom. The van der Waals surface area contributed by atoms with E-state index in [1.807, 2.05) is 22.6 Å². The quantitative estimate of drug-likeness (QED) is 0.249. The number of aliphatic hydroxyl groups is 1. The standard InChI is InChI=1S/C17H16IN3O5/c18-8-16(23)20-14-4-2-12(3-5-14)17(24)19-9-11-1-6-15(21(25)26)13(7-11)10-22/h1-7,22H,8-10H2,(H,19,24)(H,20,23). The molecule has 2 rings (SSSR count). The topological polar surface area (TPSA) is 122 Å². The van der Waals surface area contributed by atoms with Crippen molar-refractivity contribution in [3.63, 3.8) is 0 Å². The van der Waals surface area contributed by atoms with Crippen molar-refractivity contribution in [2.24, 2.45) is 0 Å². The van der Waals surface area contributed by atoms with Gasteiger partial charge in [0.1, 0.15) is 0 Å². The van der Waals surface area contributed by atoms with Crippen LogP contribution in [0.4, 0.5) is 11.4 Å². The number of benzene rings is 2. The zero-order valence-electron chi connectivity index (χ0n) is 13.6. The predicted octanol–water partition coefficient (Wildman–Crippen LogP) is 2.39. The van der Waals surface area contributed by atoms with Gasteiger partial charge in [0.05, 0.1) is 21.5 Å². The van der Waals surface area contributed by atoms with Crippen LogP contribution < -0.4 is 10.6 Å². The van der Waals surface area contributed by atoms with Gasteiger partial charge in [-0.05, 0) is 35.9 Å². The highest BCUT2D eigenvalue weighted by Crippen LogP contribution is 2.20. The predicted molar refractivity (Wildman–Crippen MR) is 104 cm³/mol. The summed E-state index contributed by atoms with van der Waals surface area (Å²) in [7, 11) is 0. The number of hydrogen-bond donors (Lipinski definition) is 3. The lowest BCUT2D eigenvalue weighted by atomic mass is 10.1. The highest BCUT2D eigenvalue weighted by molar-refractivity contribution is 14.1. The Bertz CT molecular complexity index is 824. The number of aliphatic hydroxyl groups excluding tert-OH is 1. The van der Waals surface area contributed by atoms with Gasteiger partial charge < -0.3 is 15.7 Å². The second-order valence-electron chi connectivity index (χ2n) is 5.32. The molecule has 0 saturated heterocycles. The van der Waals surface area contributed by atoms with Crippen molar-refractivity contribution < 1.29 is 19.6 Å². The summed E-state index contributed by atoms with van der Waals surface area (Å²) >= 11 is 1.96. The van der Waals surface area contributed by atoms with Gasteiger partial charge in [-0.3, -0.25) is 19.7 Å². The minimum absolute atomic E-state index is 0.124. The van der Waals surface area contributed by atoms with E-state index < -0.39 is 11.5 Å². The molecule has 9 heteroatoms. The van der Waals surface area contributed by atoms with E-state index in [0.717, 1.165) is 0 Å². The molecule has 2 aromatic rings. The smallest absolute Gasteiger partial charge is 0.274 e. The van der Waals surface area contributed by atoms with E-state index in [1.165, 1.54) is 18.2 Å². The minimum Gasteiger partial charge on any atom is -0.391 e. The van der Waals surface area contributed by atoms with E-state index >= 15 is 0 Å². The third-order valence-corrected chi connectivity index (χ3v) is 4.21. The maximum absolute atomic E-state index is 12.2. The van der Waals surface area contributed by atoms with Crippen LogP contribution in [0, 0.1) is 10.1 Å². The number of nitrogens with zero attached hydrogens (tertiary/aromatic N) is 1. The lowest BCUT2D eigenvalue weighted by Crippen LogP contribution is -2.23. The second-order valence-corrected chi connectivity index (χ2v) is 6.08. The third kappa shape index (κ3) is 5.23. The van der Waals surface area contributed by atoms with E-state index in [-0.39, 0.29) is 29.6 Å². The Morgan fingerprint density at radius 3 is 2.42 bits per heavy atom. The number of halogens is 1. The normalized spacial score (nSPS) is 10.2. The van der Waals surface area contributed by atoms with Gasteiger partial charge in [0.2, 0.25) is 5.91 Å². The number of carbonyl (C=O) groups excluding carboxylic acids is 2. The molecular weight excluding hydrogens is 453 g/mol. The van der Waals surface area contributed by atoms with E-state index in [1.54, 1.807) is 24.3 Å². The number of anilines is 1. The molecule has 0 radical (unpaired) electrons. The molecule has 8 nitrogen and oxygen atoms in total. The number of nitro benzene ring substituents is 1. The van der Waals surface area contributed by atoms with Crippen LogP contribution in [0.1, 0.15) is 21.5 Å². The monoisotopic (exact) mass is 469 g/mol. The van der Waals surface area contributed by atoms with E-state index in [4.69, 9.17) is 0 Å². The van der Waals surface area contributed by atoms with Gasteiger partial charge in [0.15, 0.2) is 0 Å². The van der Waals surface area contributed by atoms with Crippen LogP contribution in [0.3, 0.4) is 0 Å². The van der Waals surface area contributed by atoms with E-state index in [0.29, 0.717) is 21.2 Å². The van der Waals surface area contributed by atoms with Crippen LogP contribution >= 0.6 is 22.6 Å². The molecule has 0 atom stereocenters. The molecule has 0 heterocycles. The summed E-state index contributed by atoms with van der Waals surface area (Å²) in [6.45, 7) is -0.292. The lowest BCUT2D eigenvalue weighted by Gasteiger charge is -2.08. The van der Waals surface area contributed by atoms with Gasteiger partial charge in [0, 0.05) is 23.9 Å². The number of nitrogens with one attached hydrogen (secondary N) is 2. The van der Waals surface area contributed by atoms with Crippen LogP contribution in [0.5, 0.6) is 0 Å². The molecule has 0 aliphatic rings. The van der Waals surface area contributed by atoms with Gasteiger partial charge in [0.25, 0.3) is 11.6 Å². The van der Waals surface area contributed by atoms with Crippen LogP contribution in [0.2, 0.25) is 0 Å². The van der Waals surface area contributed by atoms with Crippen molar-refractivity contribution in [1.29, 1.82) is 0 Å². The molecule has 0 aliphatic heterocycles. The molecule has 3 N–H and O–H groups in total. The molecule has 2 amide bonds. The van der Waals surface area contributed by atoms with Gasteiger partial charge >= 0.3 is 0 Å².